The number of ether oxygens (including phenoxy) is 2. The van der Waals surface area contributed by atoms with Crippen LogP contribution in [0.2, 0.25) is 0 Å². The highest BCUT2D eigenvalue weighted by Crippen LogP contribution is 2.16. The molecule has 1 N–H and O–H groups in total. The van der Waals surface area contributed by atoms with Gasteiger partial charge in [0.25, 0.3) is 5.91 Å². The Morgan fingerprint density at radius 2 is 1.69 bits per heavy atom. The Hall–Kier alpha value is -3.02. The van der Waals surface area contributed by atoms with Crippen molar-refractivity contribution in [2.75, 3.05) is 20.2 Å². The van der Waals surface area contributed by atoms with Crippen molar-refractivity contribution in [3.05, 3.63) is 65.2 Å². The molecule has 0 bridgehead atoms. The van der Waals surface area contributed by atoms with Gasteiger partial charge in [0.2, 0.25) is 0 Å². The molecule has 2 aromatic carbocycles. The van der Waals surface area contributed by atoms with E-state index in [9.17, 15) is 9.59 Å². The smallest absolute Gasteiger partial charge is 0.407 e. The van der Waals surface area contributed by atoms with Crippen molar-refractivity contribution in [1.29, 1.82) is 0 Å². The summed E-state index contributed by atoms with van der Waals surface area (Å²) in [6, 6.07) is 15.0. The highest BCUT2D eigenvalue weighted by molar-refractivity contribution is 5.94. The van der Waals surface area contributed by atoms with Crippen molar-refractivity contribution in [3.63, 3.8) is 0 Å². The van der Waals surface area contributed by atoms with E-state index in [2.05, 4.69) is 5.32 Å². The first-order chi connectivity index (χ1) is 13.7. The number of carbonyl (C=O) groups excluding carboxylic acids is 2. The van der Waals surface area contributed by atoms with Crippen LogP contribution in [0.5, 0.6) is 5.75 Å². The zero-order valence-corrected chi connectivity index (χ0v) is 17.8. The maximum Gasteiger partial charge on any atom is 0.407 e. The van der Waals surface area contributed by atoms with Crippen LogP contribution in [-0.4, -0.2) is 42.7 Å². The fourth-order valence-corrected chi connectivity index (χ4v) is 2.59. The highest BCUT2D eigenvalue weighted by atomic mass is 16.6. The predicted molar refractivity (Wildman–Crippen MR) is 113 cm³/mol. The summed E-state index contributed by atoms with van der Waals surface area (Å²) >= 11 is 0. The summed E-state index contributed by atoms with van der Waals surface area (Å²) in [4.78, 5) is 25.9. The van der Waals surface area contributed by atoms with Gasteiger partial charge >= 0.3 is 6.09 Å². The average molecular weight is 399 g/mol. The fourth-order valence-electron chi connectivity index (χ4n) is 2.59. The molecule has 156 valence electrons. The molecule has 29 heavy (non-hydrogen) atoms. The van der Waals surface area contributed by atoms with E-state index in [0.717, 1.165) is 16.9 Å². The van der Waals surface area contributed by atoms with E-state index >= 15 is 0 Å². The minimum atomic E-state index is -0.534. The van der Waals surface area contributed by atoms with Crippen LogP contribution in [0.1, 0.15) is 42.3 Å². The predicted octanol–water partition coefficient (Wildman–Crippen LogP) is 4.17. The normalized spacial score (nSPS) is 10.9. The average Bonchev–Trinajstić information content (AvgIpc) is 2.66. The van der Waals surface area contributed by atoms with E-state index in [1.54, 1.807) is 24.1 Å². The molecule has 0 heterocycles. The van der Waals surface area contributed by atoms with Gasteiger partial charge in [-0.1, -0.05) is 30.3 Å². The van der Waals surface area contributed by atoms with Gasteiger partial charge in [-0.05, 0) is 57.0 Å². The number of amides is 2. The van der Waals surface area contributed by atoms with Gasteiger partial charge in [0.05, 0.1) is 6.54 Å². The number of nitrogens with one attached hydrogen (secondary N) is 1. The van der Waals surface area contributed by atoms with Gasteiger partial charge < -0.3 is 19.7 Å². The molecule has 0 aliphatic heterocycles. The molecule has 0 spiro atoms. The third kappa shape index (κ3) is 7.49. The van der Waals surface area contributed by atoms with Crippen LogP contribution in [0.4, 0.5) is 4.79 Å². The number of para-hydroxylation sites is 1. The van der Waals surface area contributed by atoms with Crippen LogP contribution in [0.15, 0.2) is 48.5 Å². The molecule has 0 fully saturated rings. The SMILES string of the molecule is Cc1ccccc1OCCN(C)C(=O)c1ccc(CNC(=O)OC(C)(C)C)cc1. The monoisotopic (exact) mass is 398 g/mol. The summed E-state index contributed by atoms with van der Waals surface area (Å²) in [6.07, 6.45) is -0.467. The highest BCUT2D eigenvalue weighted by Gasteiger charge is 2.16. The maximum atomic E-state index is 12.6. The molecule has 2 rings (SSSR count). The van der Waals surface area contributed by atoms with Crippen molar-refractivity contribution in [3.8, 4) is 5.75 Å². The number of rotatable bonds is 7. The topological polar surface area (TPSA) is 67.9 Å². The third-order valence-electron chi connectivity index (χ3n) is 4.16. The van der Waals surface area contributed by atoms with E-state index in [4.69, 9.17) is 9.47 Å². The zero-order valence-electron chi connectivity index (χ0n) is 17.8. The number of benzene rings is 2. The number of carbonyl (C=O) groups is 2. The molecular weight excluding hydrogens is 368 g/mol. The van der Waals surface area contributed by atoms with Crippen LogP contribution < -0.4 is 10.1 Å². The van der Waals surface area contributed by atoms with E-state index < -0.39 is 11.7 Å². The molecule has 0 saturated heterocycles. The first-order valence-corrected chi connectivity index (χ1v) is 9.65. The van der Waals surface area contributed by atoms with Crippen LogP contribution >= 0.6 is 0 Å². The second kappa shape index (κ2) is 9.96. The van der Waals surface area contributed by atoms with Gasteiger partial charge in [-0.15, -0.1) is 0 Å². The largest absolute Gasteiger partial charge is 0.491 e. The molecule has 2 amide bonds. The van der Waals surface area contributed by atoms with Gasteiger partial charge in [0.1, 0.15) is 18.0 Å². The minimum absolute atomic E-state index is 0.0787. The molecule has 0 saturated carbocycles. The van der Waals surface area contributed by atoms with Crippen molar-refractivity contribution in [1.82, 2.24) is 10.2 Å². The van der Waals surface area contributed by atoms with Crippen LogP contribution in [0, 0.1) is 6.92 Å². The summed E-state index contributed by atoms with van der Waals surface area (Å²) in [5.74, 6) is 0.750. The van der Waals surface area contributed by atoms with Crippen molar-refractivity contribution in [2.45, 2.75) is 39.8 Å². The van der Waals surface area contributed by atoms with Gasteiger partial charge in [-0.2, -0.15) is 0 Å². The molecule has 2 aromatic rings. The molecule has 6 nitrogen and oxygen atoms in total. The Kier molecular flexibility index (Phi) is 7.65. The Morgan fingerprint density at radius 1 is 1.03 bits per heavy atom. The summed E-state index contributed by atoms with van der Waals surface area (Å²) < 4.78 is 11.0. The van der Waals surface area contributed by atoms with E-state index in [1.165, 1.54) is 0 Å². The molecule has 0 aliphatic rings. The quantitative estimate of drug-likeness (QED) is 0.760. The van der Waals surface area contributed by atoms with Gasteiger partial charge in [0, 0.05) is 19.2 Å². The fraction of sp³-hybridized carbons (Fsp3) is 0.391. The Morgan fingerprint density at radius 3 is 2.31 bits per heavy atom. The Bertz CT molecular complexity index is 826. The first kappa shape index (κ1) is 22.3. The lowest BCUT2D eigenvalue weighted by Gasteiger charge is -2.20. The van der Waals surface area contributed by atoms with Crippen molar-refractivity contribution >= 4 is 12.0 Å². The molecule has 0 unspecified atom stereocenters. The second-order valence-corrected chi connectivity index (χ2v) is 7.89. The lowest BCUT2D eigenvalue weighted by Crippen LogP contribution is -2.32. The summed E-state index contributed by atoms with van der Waals surface area (Å²) in [5.41, 5.74) is 2.01. The van der Waals surface area contributed by atoms with E-state index in [0.29, 0.717) is 25.3 Å². The molecular formula is C23H30N2O4. The third-order valence-corrected chi connectivity index (χ3v) is 4.16. The minimum Gasteiger partial charge on any atom is -0.491 e. The Balaban J connectivity index is 1.81. The molecule has 0 aromatic heterocycles. The zero-order chi connectivity index (χ0) is 21.4. The molecule has 0 radical (unpaired) electrons. The molecule has 6 heteroatoms. The van der Waals surface area contributed by atoms with Crippen LogP contribution in [0.3, 0.4) is 0 Å². The molecule has 0 atom stereocenters. The summed E-state index contributed by atoms with van der Waals surface area (Å²) in [7, 11) is 1.75. The van der Waals surface area contributed by atoms with Crippen LogP contribution in [-0.2, 0) is 11.3 Å². The lowest BCUT2D eigenvalue weighted by atomic mass is 10.1. The lowest BCUT2D eigenvalue weighted by molar-refractivity contribution is 0.0523. The number of likely N-dealkylation sites (N-methyl/N-ethyl adjacent to an activating group) is 1. The second-order valence-electron chi connectivity index (χ2n) is 7.89. The van der Waals surface area contributed by atoms with E-state index in [1.807, 2.05) is 64.1 Å². The number of alkyl carbamates (subject to hydrolysis) is 1. The summed E-state index contributed by atoms with van der Waals surface area (Å²) in [5, 5.41) is 2.70. The van der Waals surface area contributed by atoms with Gasteiger partial charge in [-0.3, -0.25) is 4.79 Å². The first-order valence-electron chi connectivity index (χ1n) is 9.65. The van der Waals surface area contributed by atoms with Crippen molar-refractivity contribution < 1.29 is 19.1 Å². The number of nitrogens with zero attached hydrogens (tertiary/aromatic N) is 1. The molecule has 0 aliphatic carbocycles. The number of hydrogen-bond acceptors (Lipinski definition) is 4. The van der Waals surface area contributed by atoms with Crippen molar-refractivity contribution in [2.24, 2.45) is 0 Å². The van der Waals surface area contributed by atoms with E-state index in [-0.39, 0.29) is 5.91 Å². The van der Waals surface area contributed by atoms with Crippen LogP contribution in [0.25, 0.3) is 0 Å². The Labute approximate surface area is 172 Å². The maximum absolute atomic E-state index is 12.6. The number of aryl methyl sites for hydroxylation is 1. The number of hydrogen-bond donors (Lipinski definition) is 1. The summed E-state index contributed by atoms with van der Waals surface area (Å²) in [6.45, 7) is 8.67. The standard InChI is InChI=1S/C23H30N2O4/c1-17-8-6-7-9-20(17)28-15-14-25(5)21(26)19-12-10-18(11-13-19)16-24-22(27)29-23(2,3)4/h6-13H,14-16H2,1-5H3,(H,24,27). The van der Waals surface area contributed by atoms with Gasteiger partial charge in [-0.25, -0.2) is 4.79 Å². The van der Waals surface area contributed by atoms with Gasteiger partial charge in [0.15, 0.2) is 0 Å².